The number of furan rings is 1. The van der Waals surface area contributed by atoms with E-state index in [-0.39, 0.29) is 5.70 Å². The lowest BCUT2D eigenvalue weighted by Crippen LogP contribution is -1.92. The number of hydrogen-bond acceptors (Lipinski definition) is 3. The third kappa shape index (κ3) is 1.69. The third-order valence-corrected chi connectivity index (χ3v) is 2.51. The van der Waals surface area contributed by atoms with Crippen LogP contribution in [0.3, 0.4) is 0 Å². The average Bonchev–Trinajstić information content (AvgIpc) is 2.56. The Balaban J connectivity index is 2.58. The summed E-state index contributed by atoms with van der Waals surface area (Å²) >= 11 is 0. The van der Waals surface area contributed by atoms with Crippen molar-refractivity contribution in [1.29, 1.82) is 0 Å². The molecule has 0 N–H and O–H groups in total. The number of benzene rings is 1. The maximum atomic E-state index is 10.5. The SMILES string of the molecule is C/C(=C/c1oc2ccccc2c1C)[N+](=O)[O-]. The molecular formula is C12H11NO3. The molecule has 0 radical (unpaired) electrons. The zero-order valence-electron chi connectivity index (χ0n) is 9.06. The third-order valence-electron chi connectivity index (χ3n) is 2.51. The second-order valence-corrected chi connectivity index (χ2v) is 3.63. The zero-order chi connectivity index (χ0) is 11.7. The van der Waals surface area contributed by atoms with Gasteiger partial charge in [0, 0.05) is 17.9 Å². The monoisotopic (exact) mass is 217 g/mol. The lowest BCUT2D eigenvalue weighted by molar-refractivity contribution is -0.422. The number of fused-ring (bicyclic) bond motifs is 1. The molecule has 4 nitrogen and oxygen atoms in total. The summed E-state index contributed by atoms with van der Waals surface area (Å²) in [6.45, 7) is 3.34. The molecule has 0 aliphatic rings. The van der Waals surface area contributed by atoms with Crippen molar-refractivity contribution in [1.82, 2.24) is 0 Å². The van der Waals surface area contributed by atoms with Crippen molar-refractivity contribution in [3.8, 4) is 0 Å². The van der Waals surface area contributed by atoms with Gasteiger partial charge in [0.05, 0.1) is 11.0 Å². The molecule has 1 aromatic carbocycles. The largest absolute Gasteiger partial charge is 0.456 e. The van der Waals surface area contributed by atoms with Gasteiger partial charge in [-0.15, -0.1) is 0 Å². The lowest BCUT2D eigenvalue weighted by atomic mass is 10.1. The van der Waals surface area contributed by atoms with Gasteiger partial charge in [0.25, 0.3) is 0 Å². The molecule has 0 aliphatic heterocycles. The van der Waals surface area contributed by atoms with Gasteiger partial charge < -0.3 is 4.42 Å². The molecule has 0 atom stereocenters. The van der Waals surface area contributed by atoms with Gasteiger partial charge in [-0.2, -0.15) is 0 Å². The first-order valence-corrected chi connectivity index (χ1v) is 4.90. The number of allylic oxidation sites excluding steroid dienone is 1. The number of rotatable bonds is 2. The molecule has 1 aromatic heterocycles. The van der Waals surface area contributed by atoms with E-state index in [1.807, 2.05) is 31.2 Å². The number of nitrogens with zero attached hydrogens (tertiary/aromatic N) is 1. The molecule has 2 aromatic rings. The van der Waals surface area contributed by atoms with Gasteiger partial charge in [-0.25, -0.2) is 0 Å². The van der Waals surface area contributed by atoms with Crippen LogP contribution in [-0.2, 0) is 0 Å². The molecule has 82 valence electrons. The number of para-hydroxylation sites is 1. The highest BCUT2D eigenvalue weighted by Crippen LogP contribution is 2.26. The number of hydrogen-bond donors (Lipinski definition) is 0. The Labute approximate surface area is 92.3 Å². The van der Waals surface area contributed by atoms with Crippen LogP contribution in [0.1, 0.15) is 18.2 Å². The van der Waals surface area contributed by atoms with E-state index < -0.39 is 4.92 Å². The Hall–Kier alpha value is -2.10. The summed E-state index contributed by atoms with van der Waals surface area (Å²) in [5, 5.41) is 11.5. The summed E-state index contributed by atoms with van der Waals surface area (Å²) in [7, 11) is 0. The van der Waals surface area contributed by atoms with Gasteiger partial charge in [-0.05, 0) is 13.0 Å². The highest BCUT2D eigenvalue weighted by atomic mass is 16.6. The molecule has 0 fully saturated rings. The van der Waals surface area contributed by atoms with Crippen LogP contribution in [0.4, 0.5) is 0 Å². The van der Waals surface area contributed by atoms with E-state index >= 15 is 0 Å². The minimum atomic E-state index is -0.424. The van der Waals surface area contributed by atoms with E-state index in [2.05, 4.69) is 0 Å². The summed E-state index contributed by atoms with van der Waals surface area (Å²) < 4.78 is 5.54. The molecule has 0 spiro atoms. The van der Waals surface area contributed by atoms with Gasteiger partial charge >= 0.3 is 0 Å². The highest BCUT2D eigenvalue weighted by Gasteiger charge is 2.11. The average molecular weight is 217 g/mol. The van der Waals surface area contributed by atoms with E-state index in [9.17, 15) is 10.1 Å². The number of aryl methyl sites for hydroxylation is 1. The molecule has 0 saturated heterocycles. The minimum absolute atomic E-state index is 0.0714. The molecule has 2 rings (SSSR count). The molecule has 0 saturated carbocycles. The predicted octanol–water partition coefficient (Wildman–Crippen LogP) is 3.38. The molecule has 4 heteroatoms. The molecular weight excluding hydrogens is 206 g/mol. The van der Waals surface area contributed by atoms with Crippen molar-refractivity contribution in [2.75, 3.05) is 0 Å². The van der Waals surface area contributed by atoms with Crippen molar-refractivity contribution >= 4 is 17.0 Å². The lowest BCUT2D eigenvalue weighted by Gasteiger charge is -1.90. The molecule has 0 aliphatic carbocycles. The highest BCUT2D eigenvalue weighted by molar-refractivity contribution is 5.84. The van der Waals surface area contributed by atoms with Crippen LogP contribution >= 0.6 is 0 Å². The first-order chi connectivity index (χ1) is 7.59. The smallest absolute Gasteiger partial charge is 0.246 e. The Kier molecular flexibility index (Phi) is 2.48. The quantitative estimate of drug-likeness (QED) is 0.572. The zero-order valence-corrected chi connectivity index (χ0v) is 9.06. The standard InChI is InChI=1S/C12H11NO3/c1-8(13(14)15)7-12-9(2)10-5-3-4-6-11(10)16-12/h3-7H,1-2H3/b8-7-. The van der Waals surface area contributed by atoms with E-state index in [0.717, 1.165) is 16.5 Å². The normalized spacial score (nSPS) is 12.0. The van der Waals surface area contributed by atoms with Gasteiger partial charge in [0.1, 0.15) is 11.3 Å². The van der Waals surface area contributed by atoms with Crippen LogP contribution in [0.2, 0.25) is 0 Å². The predicted molar refractivity (Wildman–Crippen MR) is 61.6 cm³/mol. The second kappa shape index (κ2) is 3.81. The van der Waals surface area contributed by atoms with Crippen LogP contribution in [-0.4, -0.2) is 4.92 Å². The molecule has 0 bridgehead atoms. The topological polar surface area (TPSA) is 56.3 Å². The summed E-state index contributed by atoms with van der Waals surface area (Å²) in [6, 6.07) is 7.58. The minimum Gasteiger partial charge on any atom is -0.456 e. The van der Waals surface area contributed by atoms with Crippen molar-refractivity contribution in [2.45, 2.75) is 13.8 Å². The summed E-state index contributed by atoms with van der Waals surface area (Å²) in [6.07, 6.45) is 1.45. The van der Waals surface area contributed by atoms with E-state index in [4.69, 9.17) is 4.42 Å². The Morgan fingerprint density at radius 1 is 1.44 bits per heavy atom. The number of nitro groups is 1. The van der Waals surface area contributed by atoms with Crippen LogP contribution < -0.4 is 0 Å². The van der Waals surface area contributed by atoms with Crippen molar-refractivity contribution in [3.63, 3.8) is 0 Å². The Morgan fingerprint density at radius 3 is 2.75 bits per heavy atom. The Bertz CT molecular complexity index is 581. The van der Waals surface area contributed by atoms with Gasteiger partial charge in [0.2, 0.25) is 5.70 Å². The van der Waals surface area contributed by atoms with Gasteiger partial charge in [-0.1, -0.05) is 18.2 Å². The fourth-order valence-corrected chi connectivity index (χ4v) is 1.57. The first kappa shape index (κ1) is 10.4. The first-order valence-electron chi connectivity index (χ1n) is 4.90. The second-order valence-electron chi connectivity index (χ2n) is 3.63. The van der Waals surface area contributed by atoms with E-state index in [1.54, 1.807) is 0 Å². The van der Waals surface area contributed by atoms with Crippen molar-refractivity contribution in [2.24, 2.45) is 0 Å². The maximum Gasteiger partial charge on any atom is 0.246 e. The van der Waals surface area contributed by atoms with Gasteiger partial charge in [0.15, 0.2) is 0 Å². The fourth-order valence-electron chi connectivity index (χ4n) is 1.57. The van der Waals surface area contributed by atoms with Crippen LogP contribution in [0.5, 0.6) is 0 Å². The fraction of sp³-hybridized carbons (Fsp3) is 0.167. The van der Waals surface area contributed by atoms with Crippen LogP contribution in [0.15, 0.2) is 34.4 Å². The van der Waals surface area contributed by atoms with E-state index in [1.165, 1.54) is 13.0 Å². The summed E-state index contributed by atoms with van der Waals surface area (Å²) in [5.41, 5.74) is 1.75. The summed E-state index contributed by atoms with van der Waals surface area (Å²) in [5.74, 6) is 0.551. The molecule has 0 amide bonds. The maximum absolute atomic E-state index is 10.5. The summed E-state index contributed by atoms with van der Waals surface area (Å²) in [4.78, 5) is 10.1. The van der Waals surface area contributed by atoms with Gasteiger partial charge in [-0.3, -0.25) is 10.1 Å². The van der Waals surface area contributed by atoms with Crippen LogP contribution in [0.25, 0.3) is 17.0 Å². The van der Waals surface area contributed by atoms with E-state index in [0.29, 0.717) is 5.76 Å². The van der Waals surface area contributed by atoms with Crippen LogP contribution in [0, 0.1) is 17.0 Å². The Morgan fingerprint density at radius 2 is 2.12 bits per heavy atom. The van der Waals surface area contributed by atoms with Crippen molar-refractivity contribution in [3.05, 3.63) is 51.4 Å². The van der Waals surface area contributed by atoms with Crippen molar-refractivity contribution < 1.29 is 9.34 Å². The molecule has 0 unspecified atom stereocenters. The molecule has 16 heavy (non-hydrogen) atoms. The molecule has 1 heterocycles.